The van der Waals surface area contributed by atoms with Crippen LogP contribution in [-0.4, -0.2) is 64.6 Å². The largest absolute Gasteiger partial charge is 0.349 e. The number of carbonyl (C=O) groups excluding carboxylic acids is 1. The number of nitrogens with one attached hydrogen (secondary N) is 2. The Morgan fingerprint density at radius 3 is 2.96 bits per heavy atom. The molecule has 134 valence electrons. The van der Waals surface area contributed by atoms with Crippen molar-refractivity contribution in [3.05, 3.63) is 11.9 Å². The minimum absolute atomic E-state index is 0.111. The smallest absolute Gasteiger partial charge is 0.273 e. The van der Waals surface area contributed by atoms with E-state index in [1.165, 1.54) is 25.7 Å². The highest BCUT2D eigenvalue weighted by Gasteiger charge is 2.21. The second kappa shape index (κ2) is 8.58. The molecule has 1 aromatic rings. The molecule has 2 saturated heterocycles. The standard InChI is InChI=1S/C17H30N6O/c1-2-14-5-3-4-11-22(14)12-10-19-17(24)16-13-23(21-20-16)15-6-8-18-9-7-15/h13-15,18H,2-12H2,1H3,(H,19,24). The van der Waals surface area contributed by atoms with Crippen molar-refractivity contribution in [1.82, 2.24) is 30.5 Å². The monoisotopic (exact) mass is 334 g/mol. The van der Waals surface area contributed by atoms with E-state index in [1.54, 1.807) is 6.20 Å². The maximum absolute atomic E-state index is 12.3. The van der Waals surface area contributed by atoms with Gasteiger partial charge in [0.1, 0.15) is 0 Å². The molecule has 2 N–H and O–H groups in total. The molecule has 0 spiro atoms. The van der Waals surface area contributed by atoms with Gasteiger partial charge in [0.05, 0.1) is 12.2 Å². The van der Waals surface area contributed by atoms with Crippen LogP contribution in [0.25, 0.3) is 0 Å². The van der Waals surface area contributed by atoms with Gasteiger partial charge < -0.3 is 10.6 Å². The summed E-state index contributed by atoms with van der Waals surface area (Å²) in [4.78, 5) is 14.8. The number of amides is 1. The molecule has 3 rings (SSSR count). The summed E-state index contributed by atoms with van der Waals surface area (Å²) in [7, 11) is 0. The van der Waals surface area contributed by atoms with Crippen LogP contribution in [0.3, 0.4) is 0 Å². The quantitative estimate of drug-likeness (QED) is 0.817. The van der Waals surface area contributed by atoms with Gasteiger partial charge in [0, 0.05) is 19.1 Å². The van der Waals surface area contributed by atoms with E-state index in [-0.39, 0.29) is 5.91 Å². The predicted octanol–water partition coefficient (Wildman–Crippen LogP) is 1.20. The van der Waals surface area contributed by atoms with Gasteiger partial charge in [-0.1, -0.05) is 18.6 Å². The van der Waals surface area contributed by atoms with Crippen LogP contribution in [0.15, 0.2) is 6.20 Å². The highest BCUT2D eigenvalue weighted by Crippen LogP contribution is 2.19. The van der Waals surface area contributed by atoms with Gasteiger partial charge in [-0.15, -0.1) is 5.10 Å². The van der Waals surface area contributed by atoms with E-state index in [4.69, 9.17) is 0 Å². The molecule has 1 atom stereocenters. The molecule has 2 fully saturated rings. The fraction of sp³-hybridized carbons (Fsp3) is 0.824. The molecular weight excluding hydrogens is 304 g/mol. The summed E-state index contributed by atoms with van der Waals surface area (Å²) >= 11 is 0. The Morgan fingerprint density at radius 1 is 1.33 bits per heavy atom. The van der Waals surface area contributed by atoms with E-state index in [2.05, 4.69) is 32.8 Å². The van der Waals surface area contributed by atoms with Crippen molar-refractivity contribution in [2.24, 2.45) is 0 Å². The lowest BCUT2D eigenvalue weighted by Gasteiger charge is -2.35. The molecule has 1 aromatic heterocycles. The van der Waals surface area contributed by atoms with Crippen molar-refractivity contribution >= 4 is 5.91 Å². The third-order valence-corrected chi connectivity index (χ3v) is 5.33. The average molecular weight is 334 g/mol. The predicted molar refractivity (Wildman–Crippen MR) is 93.0 cm³/mol. The van der Waals surface area contributed by atoms with Crippen molar-refractivity contribution in [1.29, 1.82) is 0 Å². The number of aromatic nitrogens is 3. The topological polar surface area (TPSA) is 75.1 Å². The zero-order valence-electron chi connectivity index (χ0n) is 14.7. The Hall–Kier alpha value is -1.47. The number of likely N-dealkylation sites (tertiary alicyclic amines) is 1. The van der Waals surface area contributed by atoms with Crippen LogP contribution in [0.4, 0.5) is 0 Å². The highest BCUT2D eigenvalue weighted by molar-refractivity contribution is 5.91. The molecule has 24 heavy (non-hydrogen) atoms. The van der Waals surface area contributed by atoms with E-state index in [9.17, 15) is 4.79 Å². The SMILES string of the molecule is CCC1CCCCN1CCNC(=O)c1cn(C2CCNCC2)nn1. The second-order valence-electron chi connectivity index (χ2n) is 6.91. The fourth-order valence-electron chi connectivity index (χ4n) is 3.85. The Morgan fingerprint density at radius 2 is 2.17 bits per heavy atom. The number of rotatable bonds is 6. The minimum atomic E-state index is -0.111. The number of hydrogen-bond donors (Lipinski definition) is 2. The Balaban J connectivity index is 1.45. The summed E-state index contributed by atoms with van der Waals surface area (Å²) < 4.78 is 1.85. The van der Waals surface area contributed by atoms with Crippen molar-refractivity contribution in [3.8, 4) is 0 Å². The van der Waals surface area contributed by atoms with Crippen LogP contribution in [0, 0.1) is 0 Å². The van der Waals surface area contributed by atoms with Gasteiger partial charge in [-0.3, -0.25) is 9.69 Å². The van der Waals surface area contributed by atoms with Gasteiger partial charge >= 0.3 is 0 Å². The third-order valence-electron chi connectivity index (χ3n) is 5.33. The number of piperidine rings is 2. The molecule has 0 radical (unpaired) electrons. The van der Waals surface area contributed by atoms with Crippen molar-refractivity contribution < 1.29 is 4.79 Å². The fourth-order valence-corrected chi connectivity index (χ4v) is 3.85. The molecule has 2 aliphatic heterocycles. The summed E-state index contributed by atoms with van der Waals surface area (Å²) in [6.07, 6.45) is 8.96. The molecule has 7 heteroatoms. The van der Waals surface area contributed by atoms with E-state index in [0.717, 1.165) is 39.0 Å². The Kier molecular flexibility index (Phi) is 6.20. The maximum Gasteiger partial charge on any atom is 0.273 e. The summed E-state index contributed by atoms with van der Waals surface area (Å²) in [5.41, 5.74) is 0.430. The maximum atomic E-state index is 12.3. The Bertz CT molecular complexity index is 525. The van der Waals surface area contributed by atoms with E-state index in [1.807, 2.05) is 4.68 Å². The molecule has 7 nitrogen and oxygen atoms in total. The van der Waals surface area contributed by atoms with Gasteiger partial charge in [-0.05, 0) is 51.7 Å². The molecule has 3 heterocycles. The highest BCUT2D eigenvalue weighted by atomic mass is 16.2. The molecule has 1 amide bonds. The first-order valence-electron chi connectivity index (χ1n) is 9.42. The first kappa shape index (κ1) is 17.4. The Labute approximate surface area is 144 Å². The first-order chi connectivity index (χ1) is 11.8. The van der Waals surface area contributed by atoms with Crippen LogP contribution in [0.2, 0.25) is 0 Å². The summed E-state index contributed by atoms with van der Waals surface area (Å²) in [5, 5.41) is 14.5. The molecule has 2 aliphatic rings. The van der Waals surface area contributed by atoms with E-state index >= 15 is 0 Å². The normalized spacial score (nSPS) is 23.3. The lowest BCUT2D eigenvalue weighted by molar-refractivity contribution is 0.0929. The van der Waals surface area contributed by atoms with Crippen molar-refractivity contribution in [2.75, 3.05) is 32.7 Å². The van der Waals surface area contributed by atoms with Crippen LogP contribution in [-0.2, 0) is 0 Å². The molecule has 0 saturated carbocycles. The number of nitrogens with zero attached hydrogens (tertiary/aromatic N) is 4. The van der Waals surface area contributed by atoms with E-state index < -0.39 is 0 Å². The summed E-state index contributed by atoms with van der Waals surface area (Å²) in [6.45, 7) is 7.00. The van der Waals surface area contributed by atoms with Gasteiger partial charge in [0.15, 0.2) is 5.69 Å². The molecule has 0 aromatic carbocycles. The van der Waals surface area contributed by atoms with Crippen LogP contribution < -0.4 is 10.6 Å². The average Bonchev–Trinajstić information content (AvgIpc) is 3.13. The van der Waals surface area contributed by atoms with Gasteiger partial charge in [-0.25, -0.2) is 4.68 Å². The third kappa shape index (κ3) is 4.33. The zero-order valence-corrected chi connectivity index (χ0v) is 14.7. The molecule has 1 unspecified atom stereocenters. The van der Waals surface area contributed by atoms with Crippen LogP contribution in [0.1, 0.15) is 62.0 Å². The van der Waals surface area contributed by atoms with Gasteiger partial charge in [0.2, 0.25) is 0 Å². The van der Waals surface area contributed by atoms with Crippen LogP contribution >= 0.6 is 0 Å². The van der Waals surface area contributed by atoms with E-state index in [0.29, 0.717) is 24.3 Å². The minimum Gasteiger partial charge on any atom is -0.349 e. The van der Waals surface area contributed by atoms with Crippen LogP contribution in [0.5, 0.6) is 0 Å². The number of carbonyl (C=O) groups is 1. The first-order valence-corrected chi connectivity index (χ1v) is 9.42. The van der Waals surface area contributed by atoms with Crippen molar-refractivity contribution in [2.45, 2.75) is 57.5 Å². The number of hydrogen-bond acceptors (Lipinski definition) is 5. The second-order valence-corrected chi connectivity index (χ2v) is 6.91. The van der Waals surface area contributed by atoms with Crippen molar-refractivity contribution in [3.63, 3.8) is 0 Å². The summed E-state index contributed by atoms with van der Waals surface area (Å²) in [5.74, 6) is -0.111. The summed E-state index contributed by atoms with van der Waals surface area (Å²) in [6, 6.07) is 1.04. The molecule has 0 bridgehead atoms. The lowest BCUT2D eigenvalue weighted by atomic mass is 10.0. The lowest BCUT2D eigenvalue weighted by Crippen LogP contribution is -2.43. The zero-order chi connectivity index (χ0) is 16.8. The van der Waals surface area contributed by atoms with Gasteiger partial charge in [0.25, 0.3) is 5.91 Å². The molecule has 0 aliphatic carbocycles. The van der Waals surface area contributed by atoms with Gasteiger partial charge in [-0.2, -0.15) is 0 Å². The molecular formula is C17H30N6O.